The highest BCUT2D eigenvalue weighted by atomic mass is 16.5. The largest absolute Gasteiger partial charge is 0.370 e. The van der Waals surface area contributed by atoms with Gasteiger partial charge in [-0.15, -0.1) is 0 Å². The lowest BCUT2D eigenvalue weighted by molar-refractivity contribution is 0.0700. The molecule has 0 bridgehead atoms. The van der Waals surface area contributed by atoms with Crippen LogP contribution in [0.5, 0.6) is 0 Å². The first-order valence-electron chi connectivity index (χ1n) is 3.69. The van der Waals surface area contributed by atoms with Gasteiger partial charge in [-0.3, -0.25) is 0 Å². The van der Waals surface area contributed by atoms with Crippen LogP contribution in [0.15, 0.2) is 0 Å². The van der Waals surface area contributed by atoms with Gasteiger partial charge < -0.3 is 9.58 Å². The molecule has 0 aromatic rings. The Balaban J connectivity index is 2.21. The molecule has 1 saturated carbocycles. The first-order chi connectivity index (χ1) is 4.68. The molecule has 0 spiro atoms. The van der Waals surface area contributed by atoms with E-state index in [1.807, 2.05) is 13.8 Å². The van der Waals surface area contributed by atoms with Gasteiger partial charge in [-0.05, 0) is 13.8 Å². The van der Waals surface area contributed by atoms with Crippen molar-refractivity contribution < 1.29 is 4.74 Å². The highest BCUT2D eigenvalue weighted by Crippen LogP contribution is 2.40. The molecule has 1 aliphatic carbocycles. The third-order valence-electron chi connectivity index (χ3n) is 1.75. The van der Waals surface area contributed by atoms with E-state index in [0.29, 0.717) is 6.61 Å². The summed E-state index contributed by atoms with van der Waals surface area (Å²) in [5.41, 5.74) is -0.107. The van der Waals surface area contributed by atoms with Crippen LogP contribution in [0.3, 0.4) is 0 Å². The highest BCUT2D eigenvalue weighted by Gasteiger charge is 2.51. The molecule has 0 amide bonds. The van der Waals surface area contributed by atoms with Crippen LogP contribution in [-0.2, 0) is 4.74 Å². The minimum absolute atomic E-state index is 0.107. The first kappa shape index (κ1) is 7.56. The quantitative estimate of drug-likeness (QED) is 0.544. The van der Waals surface area contributed by atoms with Crippen LogP contribution < -0.4 is 0 Å². The van der Waals surface area contributed by atoms with Crippen molar-refractivity contribution in [1.29, 1.82) is 0 Å². The van der Waals surface area contributed by atoms with E-state index in [0.717, 1.165) is 12.8 Å². The number of rotatable bonds is 3. The van der Waals surface area contributed by atoms with Gasteiger partial charge in [0, 0.05) is 12.8 Å². The molecule has 0 heterocycles. The predicted octanol–water partition coefficient (Wildman–Crippen LogP) is 1.86. The van der Waals surface area contributed by atoms with Crippen LogP contribution in [0.1, 0.15) is 26.7 Å². The highest BCUT2D eigenvalue weighted by molar-refractivity contribution is 5.11. The SMILES string of the molecule is [C-]#[N+]C1(COC(C)C)CC1. The second-order valence-electron chi connectivity index (χ2n) is 3.20. The number of nitrogens with zero attached hydrogens (tertiary/aromatic N) is 1. The number of hydrogen-bond acceptors (Lipinski definition) is 1. The Bertz CT molecular complexity index is 153. The molecule has 0 unspecified atom stereocenters. The minimum Gasteiger partial charge on any atom is -0.370 e. The molecule has 0 aromatic carbocycles. The monoisotopic (exact) mass is 139 g/mol. The zero-order valence-corrected chi connectivity index (χ0v) is 6.55. The Morgan fingerprint density at radius 2 is 2.20 bits per heavy atom. The Labute approximate surface area is 62.0 Å². The van der Waals surface area contributed by atoms with E-state index in [2.05, 4.69) is 4.85 Å². The lowest BCUT2D eigenvalue weighted by atomic mass is 10.3. The van der Waals surface area contributed by atoms with Gasteiger partial charge >= 0.3 is 0 Å². The maximum absolute atomic E-state index is 6.86. The molecule has 1 aliphatic rings. The van der Waals surface area contributed by atoms with Crippen molar-refractivity contribution in [1.82, 2.24) is 0 Å². The average molecular weight is 139 g/mol. The maximum atomic E-state index is 6.86. The molecule has 10 heavy (non-hydrogen) atoms. The summed E-state index contributed by atoms with van der Waals surface area (Å²) in [6.45, 7) is 11.5. The van der Waals surface area contributed by atoms with Gasteiger partial charge in [-0.1, -0.05) is 0 Å². The molecule has 0 radical (unpaired) electrons. The van der Waals surface area contributed by atoms with Crippen LogP contribution in [-0.4, -0.2) is 18.2 Å². The van der Waals surface area contributed by atoms with E-state index in [1.165, 1.54) is 0 Å². The lowest BCUT2D eigenvalue weighted by Gasteiger charge is -2.07. The zero-order chi connectivity index (χ0) is 7.61. The molecule has 56 valence electrons. The van der Waals surface area contributed by atoms with Crippen molar-refractivity contribution in [2.45, 2.75) is 38.3 Å². The Kier molecular flexibility index (Phi) is 1.96. The normalized spacial score (nSPS) is 20.6. The fourth-order valence-corrected chi connectivity index (χ4v) is 0.754. The van der Waals surface area contributed by atoms with Crippen LogP contribution >= 0.6 is 0 Å². The molecule has 0 aromatic heterocycles. The van der Waals surface area contributed by atoms with E-state index < -0.39 is 0 Å². The maximum Gasteiger partial charge on any atom is 0.256 e. The molecular formula is C8H13NO. The van der Waals surface area contributed by atoms with Gasteiger partial charge in [0.2, 0.25) is 0 Å². The predicted molar refractivity (Wildman–Crippen MR) is 39.7 cm³/mol. The summed E-state index contributed by atoms with van der Waals surface area (Å²) in [5, 5.41) is 0. The molecule has 0 saturated heterocycles. The summed E-state index contributed by atoms with van der Waals surface area (Å²) in [7, 11) is 0. The lowest BCUT2D eigenvalue weighted by Crippen LogP contribution is -2.16. The van der Waals surface area contributed by atoms with E-state index in [4.69, 9.17) is 11.3 Å². The first-order valence-corrected chi connectivity index (χ1v) is 3.69. The number of ether oxygens (including phenoxy) is 1. The third-order valence-corrected chi connectivity index (χ3v) is 1.75. The van der Waals surface area contributed by atoms with Gasteiger partial charge in [-0.2, -0.15) is 0 Å². The summed E-state index contributed by atoms with van der Waals surface area (Å²) in [6, 6.07) is 0. The van der Waals surface area contributed by atoms with Gasteiger partial charge in [0.05, 0.1) is 6.10 Å². The van der Waals surface area contributed by atoms with Crippen LogP contribution in [0.4, 0.5) is 0 Å². The van der Waals surface area contributed by atoms with Gasteiger partial charge in [0.15, 0.2) is 0 Å². The van der Waals surface area contributed by atoms with Crippen LogP contribution in [0, 0.1) is 6.57 Å². The van der Waals surface area contributed by atoms with Crippen molar-refractivity contribution in [2.24, 2.45) is 0 Å². The minimum atomic E-state index is -0.107. The summed E-state index contributed by atoms with van der Waals surface area (Å²) in [4.78, 5) is 3.53. The average Bonchev–Trinajstić information content (AvgIpc) is 2.64. The molecule has 1 fully saturated rings. The summed E-state index contributed by atoms with van der Waals surface area (Å²) in [6.07, 6.45) is 2.33. The molecule has 0 aliphatic heterocycles. The second kappa shape index (κ2) is 2.59. The van der Waals surface area contributed by atoms with Crippen molar-refractivity contribution in [3.63, 3.8) is 0 Å². The Morgan fingerprint density at radius 3 is 2.50 bits per heavy atom. The molecule has 2 nitrogen and oxygen atoms in total. The molecule has 1 rings (SSSR count). The van der Waals surface area contributed by atoms with Gasteiger partial charge in [0.25, 0.3) is 5.54 Å². The summed E-state index contributed by atoms with van der Waals surface area (Å²) >= 11 is 0. The summed E-state index contributed by atoms with van der Waals surface area (Å²) < 4.78 is 5.35. The molecular weight excluding hydrogens is 126 g/mol. The molecule has 0 atom stereocenters. The fraction of sp³-hybridized carbons (Fsp3) is 0.875. The van der Waals surface area contributed by atoms with E-state index >= 15 is 0 Å². The van der Waals surface area contributed by atoms with E-state index in [9.17, 15) is 0 Å². The van der Waals surface area contributed by atoms with Crippen molar-refractivity contribution in [2.75, 3.05) is 6.61 Å². The Morgan fingerprint density at radius 1 is 1.60 bits per heavy atom. The molecule has 0 N–H and O–H groups in total. The topological polar surface area (TPSA) is 13.6 Å². The van der Waals surface area contributed by atoms with E-state index in [-0.39, 0.29) is 11.6 Å². The molecule has 2 heteroatoms. The van der Waals surface area contributed by atoms with Crippen molar-refractivity contribution in [3.05, 3.63) is 11.4 Å². The standard InChI is InChI=1S/C8H13NO/c1-7(2)10-6-8(9-3)4-5-8/h7H,4-6H2,1-2H3. The third kappa shape index (κ3) is 1.71. The fourth-order valence-electron chi connectivity index (χ4n) is 0.754. The van der Waals surface area contributed by atoms with Crippen LogP contribution in [0.25, 0.3) is 4.85 Å². The van der Waals surface area contributed by atoms with Gasteiger partial charge in [-0.25, -0.2) is 6.57 Å². The van der Waals surface area contributed by atoms with Gasteiger partial charge in [0.1, 0.15) is 6.61 Å². The van der Waals surface area contributed by atoms with Crippen molar-refractivity contribution in [3.8, 4) is 0 Å². The van der Waals surface area contributed by atoms with Crippen LogP contribution in [0.2, 0.25) is 0 Å². The second-order valence-corrected chi connectivity index (χ2v) is 3.20. The Hall–Kier alpha value is -0.550. The summed E-state index contributed by atoms with van der Waals surface area (Å²) in [5.74, 6) is 0. The zero-order valence-electron chi connectivity index (χ0n) is 6.55. The number of hydrogen-bond donors (Lipinski definition) is 0. The smallest absolute Gasteiger partial charge is 0.256 e. The van der Waals surface area contributed by atoms with Crippen molar-refractivity contribution >= 4 is 0 Å². The van der Waals surface area contributed by atoms with E-state index in [1.54, 1.807) is 0 Å².